The minimum absolute atomic E-state index is 0.751. The maximum Gasteiger partial charge on any atom is 0.0875 e. The van der Waals surface area contributed by atoms with E-state index in [4.69, 9.17) is 4.74 Å². The molecule has 0 aliphatic rings. The van der Waals surface area contributed by atoms with Crippen molar-refractivity contribution in [3.05, 3.63) is 36.1 Å². The van der Waals surface area contributed by atoms with Crippen LogP contribution in [0.5, 0.6) is 0 Å². The Labute approximate surface area is 145 Å². The van der Waals surface area contributed by atoms with Crippen molar-refractivity contribution in [1.29, 1.82) is 0 Å². The predicted octanol–water partition coefficient (Wildman–Crippen LogP) is 7.60. The molecule has 1 atom stereocenters. The van der Waals surface area contributed by atoms with Gasteiger partial charge in [0.2, 0.25) is 0 Å². The van der Waals surface area contributed by atoms with Crippen molar-refractivity contribution in [2.24, 2.45) is 5.92 Å². The normalized spacial score (nSPS) is 12.9. The van der Waals surface area contributed by atoms with Crippen LogP contribution in [0.15, 0.2) is 36.1 Å². The predicted molar refractivity (Wildman–Crippen MR) is 105 cm³/mol. The van der Waals surface area contributed by atoms with Crippen molar-refractivity contribution in [3.63, 3.8) is 0 Å². The van der Waals surface area contributed by atoms with E-state index < -0.39 is 0 Å². The third kappa shape index (κ3) is 19.0. The highest BCUT2D eigenvalue weighted by atomic mass is 16.5. The molecule has 0 saturated heterocycles. The van der Waals surface area contributed by atoms with Crippen LogP contribution < -0.4 is 0 Å². The molecule has 1 heteroatoms. The highest BCUT2D eigenvalue weighted by Gasteiger charge is 2.00. The first-order valence-electron chi connectivity index (χ1n) is 9.68. The van der Waals surface area contributed by atoms with Gasteiger partial charge in [-0.3, -0.25) is 0 Å². The third-order valence-corrected chi connectivity index (χ3v) is 4.11. The Morgan fingerprint density at radius 2 is 1.52 bits per heavy atom. The number of rotatable bonds is 15. The molecular formula is C22H40O. The Balaban J connectivity index is 3.29. The van der Waals surface area contributed by atoms with Gasteiger partial charge in [-0.05, 0) is 77.7 Å². The molecule has 0 aromatic carbocycles. The number of unbranched alkanes of at least 4 members (excludes halogenated alkanes) is 6. The first-order chi connectivity index (χ1) is 11.2. The minimum atomic E-state index is 0.751. The Bertz CT molecular complexity index is 321. The van der Waals surface area contributed by atoms with Gasteiger partial charge in [0.25, 0.3) is 0 Å². The van der Waals surface area contributed by atoms with E-state index in [0.717, 1.165) is 25.4 Å². The molecule has 0 heterocycles. The number of hydrogen-bond acceptors (Lipinski definition) is 1. The summed E-state index contributed by atoms with van der Waals surface area (Å²) in [5.41, 5.74) is 1.43. The molecule has 1 nitrogen and oxygen atoms in total. The van der Waals surface area contributed by atoms with Crippen LogP contribution in [0.2, 0.25) is 0 Å². The highest BCUT2D eigenvalue weighted by Crippen LogP contribution is 2.12. The zero-order valence-corrected chi connectivity index (χ0v) is 16.2. The molecule has 0 aromatic rings. The fraction of sp³-hybridized carbons (Fsp3) is 0.727. The van der Waals surface area contributed by atoms with Gasteiger partial charge in [-0.25, -0.2) is 0 Å². The molecule has 0 radical (unpaired) electrons. The van der Waals surface area contributed by atoms with E-state index in [0.29, 0.717) is 0 Å². The molecule has 0 rings (SSSR count). The van der Waals surface area contributed by atoms with Gasteiger partial charge in [0.1, 0.15) is 0 Å². The standard InChI is InChI=1S/C22H40O/c1-5-6-7-8-9-10-11-12-13-14-19-23-20-18-22(4)17-15-16-21(2)3/h5-6,14,16,19,22H,7-13,15,17-18,20H2,1-4H3. The van der Waals surface area contributed by atoms with Crippen LogP contribution >= 0.6 is 0 Å². The van der Waals surface area contributed by atoms with Crippen LogP contribution in [0, 0.1) is 5.92 Å². The van der Waals surface area contributed by atoms with Crippen molar-refractivity contribution in [1.82, 2.24) is 0 Å². The molecule has 1 unspecified atom stereocenters. The number of ether oxygens (including phenoxy) is 1. The van der Waals surface area contributed by atoms with Gasteiger partial charge in [-0.2, -0.15) is 0 Å². The Morgan fingerprint density at radius 3 is 2.17 bits per heavy atom. The van der Waals surface area contributed by atoms with Crippen LogP contribution in [0.4, 0.5) is 0 Å². The average Bonchev–Trinajstić information content (AvgIpc) is 2.51. The summed E-state index contributed by atoms with van der Waals surface area (Å²) in [6.45, 7) is 9.62. The van der Waals surface area contributed by atoms with Crippen LogP contribution in [0.1, 0.15) is 91.9 Å². The maximum atomic E-state index is 5.60. The van der Waals surface area contributed by atoms with E-state index in [2.05, 4.69) is 52.0 Å². The lowest BCUT2D eigenvalue weighted by molar-refractivity contribution is 0.222. The lowest BCUT2D eigenvalue weighted by Gasteiger charge is -2.09. The fourth-order valence-electron chi connectivity index (χ4n) is 2.50. The lowest BCUT2D eigenvalue weighted by Crippen LogP contribution is -1.99. The van der Waals surface area contributed by atoms with Gasteiger partial charge >= 0.3 is 0 Å². The van der Waals surface area contributed by atoms with Gasteiger partial charge < -0.3 is 4.74 Å². The molecule has 23 heavy (non-hydrogen) atoms. The van der Waals surface area contributed by atoms with Gasteiger partial charge in [-0.1, -0.05) is 50.0 Å². The van der Waals surface area contributed by atoms with E-state index in [1.54, 1.807) is 0 Å². The highest BCUT2D eigenvalue weighted by molar-refractivity contribution is 4.92. The van der Waals surface area contributed by atoms with Crippen LogP contribution in [0.25, 0.3) is 0 Å². The van der Waals surface area contributed by atoms with Gasteiger partial charge in [0, 0.05) is 0 Å². The van der Waals surface area contributed by atoms with Crippen molar-refractivity contribution in [2.45, 2.75) is 91.9 Å². The second kappa shape index (κ2) is 17.4. The maximum absolute atomic E-state index is 5.60. The molecule has 0 aliphatic carbocycles. The largest absolute Gasteiger partial charge is 0.502 e. The molecule has 0 spiro atoms. The van der Waals surface area contributed by atoms with Crippen molar-refractivity contribution in [3.8, 4) is 0 Å². The van der Waals surface area contributed by atoms with Crippen molar-refractivity contribution in [2.75, 3.05) is 6.61 Å². The molecule has 0 aliphatic heterocycles. The summed E-state index contributed by atoms with van der Waals surface area (Å²) in [4.78, 5) is 0. The van der Waals surface area contributed by atoms with E-state index in [9.17, 15) is 0 Å². The minimum Gasteiger partial charge on any atom is -0.502 e. The zero-order valence-electron chi connectivity index (χ0n) is 16.2. The Morgan fingerprint density at radius 1 is 0.870 bits per heavy atom. The van der Waals surface area contributed by atoms with Crippen LogP contribution in [0.3, 0.4) is 0 Å². The van der Waals surface area contributed by atoms with E-state index in [-0.39, 0.29) is 0 Å². The molecule has 0 N–H and O–H groups in total. The molecule has 0 bridgehead atoms. The van der Waals surface area contributed by atoms with E-state index in [1.165, 1.54) is 56.9 Å². The summed E-state index contributed by atoms with van der Waals surface area (Å²) < 4.78 is 5.60. The van der Waals surface area contributed by atoms with E-state index in [1.807, 2.05) is 6.26 Å². The fourth-order valence-corrected chi connectivity index (χ4v) is 2.50. The Hall–Kier alpha value is -0.980. The topological polar surface area (TPSA) is 9.23 Å². The van der Waals surface area contributed by atoms with Gasteiger partial charge in [0.15, 0.2) is 0 Å². The monoisotopic (exact) mass is 320 g/mol. The van der Waals surface area contributed by atoms with Crippen molar-refractivity contribution < 1.29 is 4.74 Å². The molecule has 0 saturated carbocycles. The third-order valence-electron chi connectivity index (χ3n) is 4.11. The Kier molecular flexibility index (Phi) is 16.6. The average molecular weight is 321 g/mol. The number of hydrogen-bond donors (Lipinski definition) is 0. The smallest absolute Gasteiger partial charge is 0.0875 e. The summed E-state index contributed by atoms with van der Waals surface area (Å²) >= 11 is 0. The van der Waals surface area contributed by atoms with Crippen molar-refractivity contribution >= 4 is 0 Å². The molecular weight excluding hydrogens is 280 g/mol. The summed E-state index contributed by atoms with van der Waals surface area (Å²) in [5, 5.41) is 0. The molecule has 0 fully saturated rings. The first kappa shape index (κ1) is 22.0. The van der Waals surface area contributed by atoms with Gasteiger partial charge in [-0.15, -0.1) is 0 Å². The first-order valence-corrected chi connectivity index (χ1v) is 9.68. The second-order valence-electron chi connectivity index (χ2n) is 6.91. The van der Waals surface area contributed by atoms with Gasteiger partial charge in [0.05, 0.1) is 12.9 Å². The summed E-state index contributed by atoms with van der Waals surface area (Å²) in [5.74, 6) is 0.751. The summed E-state index contributed by atoms with van der Waals surface area (Å²) in [6.07, 6.45) is 23.6. The van der Waals surface area contributed by atoms with Crippen LogP contribution in [-0.2, 0) is 4.74 Å². The molecule has 0 aromatic heterocycles. The zero-order chi connectivity index (χ0) is 17.2. The molecule has 0 amide bonds. The SMILES string of the molecule is CC=CCCCCCCCC=COCCC(C)CCC=C(C)C. The number of allylic oxidation sites excluding steroid dienone is 5. The molecule has 134 valence electrons. The quantitative estimate of drug-likeness (QED) is 0.171. The summed E-state index contributed by atoms with van der Waals surface area (Å²) in [7, 11) is 0. The van der Waals surface area contributed by atoms with Crippen LogP contribution in [-0.4, -0.2) is 6.61 Å². The summed E-state index contributed by atoms with van der Waals surface area (Å²) in [6, 6.07) is 0. The van der Waals surface area contributed by atoms with E-state index >= 15 is 0 Å². The lowest BCUT2D eigenvalue weighted by atomic mass is 10.0. The second-order valence-corrected chi connectivity index (χ2v) is 6.91.